The summed E-state index contributed by atoms with van der Waals surface area (Å²) in [7, 11) is -3.40. The molecule has 1 fully saturated rings. The van der Waals surface area contributed by atoms with E-state index in [1.165, 1.54) is 0 Å². The van der Waals surface area contributed by atoms with Crippen LogP contribution in [0.3, 0.4) is 0 Å². The van der Waals surface area contributed by atoms with Crippen LogP contribution in [0.25, 0.3) is 0 Å². The highest BCUT2D eigenvalue weighted by Crippen LogP contribution is 2.31. The monoisotopic (exact) mass is 326 g/mol. The van der Waals surface area contributed by atoms with Crippen molar-refractivity contribution in [2.45, 2.75) is 38.5 Å². The molecule has 6 heteroatoms. The van der Waals surface area contributed by atoms with Gasteiger partial charge in [0.2, 0.25) is 10.0 Å². The van der Waals surface area contributed by atoms with Crippen LogP contribution in [0.5, 0.6) is 0 Å². The van der Waals surface area contributed by atoms with E-state index in [4.69, 9.17) is 18.0 Å². The molecule has 0 bridgehead atoms. The first-order chi connectivity index (χ1) is 9.80. The van der Waals surface area contributed by atoms with E-state index in [1.807, 2.05) is 0 Å². The first-order valence-corrected chi connectivity index (χ1v) is 9.24. The molecule has 0 saturated heterocycles. The molecule has 116 valence electrons. The molecule has 3 N–H and O–H groups in total. The minimum Gasteiger partial charge on any atom is -0.389 e. The number of sulfonamides is 1. The molecule has 1 aromatic rings. The Hall–Kier alpha value is -0.980. The summed E-state index contributed by atoms with van der Waals surface area (Å²) in [6.45, 7) is 4.27. The smallest absolute Gasteiger partial charge is 0.216 e. The molecule has 3 atom stereocenters. The molecule has 0 aromatic heterocycles. The second-order valence-corrected chi connectivity index (χ2v) is 8.11. The maximum atomic E-state index is 12.4. The van der Waals surface area contributed by atoms with Gasteiger partial charge in [0, 0.05) is 11.6 Å². The van der Waals surface area contributed by atoms with Crippen molar-refractivity contribution in [3.05, 3.63) is 35.4 Å². The third kappa shape index (κ3) is 4.02. The van der Waals surface area contributed by atoms with E-state index in [0.29, 0.717) is 23.0 Å². The van der Waals surface area contributed by atoms with Gasteiger partial charge in [0.1, 0.15) is 4.99 Å². The molecule has 21 heavy (non-hydrogen) atoms. The fraction of sp³-hybridized carbons (Fsp3) is 0.533. The maximum Gasteiger partial charge on any atom is 0.216 e. The largest absolute Gasteiger partial charge is 0.389 e. The molecular formula is C15H22N2O2S2. The average molecular weight is 326 g/mol. The Labute approximate surface area is 132 Å². The summed E-state index contributed by atoms with van der Waals surface area (Å²) in [5.41, 5.74) is 6.93. The normalized spacial score (nSPS) is 25.9. The Morgan fingerprint density at radius 2 is 2.00 bits per heavy atom. The predicted octanol–water partition coefficient (Wildman–Crippen LogP) is 2.17. The Morgan fingerprint density at radius 3 is 2.57 bits per heavy atom. The predicted molar refractivity (Wildman–Crippen MR) is 89.4 cm³/mol. The molecule has 2 rings (SSSR count). The lowest BCUT2D eigenvalue weighted by Gasteiger charge is -2.20. The van der Waals surface area contributed by atoms with Gasteiger partial charge >= 0.3 is 0 Å². The SMILES string of the molecule is CC1CCC(NS(=O)(=O)Cc2ccccc2C(N)=S)C1C. The van der Waals surface area contributed by atoms with Crippen LogP contribution in [-0.2, 0) is 15.8 Å². The van der Waals surface area contributed by atoms with Crippen LogP contribution in [0.2, 0.25) is 0 Å². The van der Waals surface area contributed by atoms with E-state index < -0.39 is 10.0 Å². The molecule has 1 saturated carbocycles. The highest BCUT2D eigenvalue weighted by atomic mass is 32.2. The van der Waals surface area contributed by atoms with Crippen molar-refractivity contribution < 1.29 is 8.42 Å². The van der Waals surface area contributed by atoms with E-state index in [1.54, 1.807) is 24.3 Å². The fourth-order valence-corrected chi connectivity index (χ4v) is 4.63. The summed E-state index contributed by atoms with van der Waals surface area (Å²) < 4.78 is 27.6. The lowest BCUT2D eigenvalue weighted by molar-refractivity contribution is 0.402. The Kier molecular flexibility index (Phi) is 5.01. The standard InChI is InChI=1S/C15H22N2O2S2/c1-10-7-8-14(11(10)2)17-21(18,19)9-12-5-3-4-6-13(12)15(16)20/h3-6,10-11,14,17H,7-9H2,1-2H3,(H2,16,20). The van der Waals surface area contributed by atoms with E-state index in [2.05, 4.69) is 18.6 Å². The van der Waals surface area contributed by atoms with Crippen molar-refractivity contribution in [1.82, 2.24) is 4.72 Å². The number of thiocarbonyl (C=S) groups is 1. The van der Waals surface area contributed by atoms with Crippen molar-refractivity contribution >= 4 is 27.2 Å². The number of nitrogens with two attached hydrogens (primary N) is 1. The summed E-state index contributed by atoms with van der Waals surface area (Å²) in [6.07, 6.45) is 1.97. The van der Waals surface area contributed by atoms with Gasteiger partial charge in [0.15, 0.2) is 0 Å². The molecule has 4 nitrogen and oxygen atoms in total. The number of benzene rings is 1. The Bertz CT molecular complexity index is 628. The summed E-state index contributed by atoms with van der Waals surface area (Å²) >= 11 is 4.98. The molecule has 0 amide bonds. The first-order valence-electron chi connectivity index (χ1n) is 7.18. The number of hydrogen-bond acceptors (Lipinski definition) is 3. The van der Waals surface area contributed by atoms with Gasteiger partial charge in [-0.15, -0.1) is 0 Å². The minimum absolute atomic E-state index is 0.0296. The number of nitrogens with one attached hydrogen (secondary N) is 1. The van der Waals surface area contributed by atoms with Crippen LogP contribution in [-0.4, -0.2) is 19.4 Å². The zero-order valence-corrected chi connectivity index (χ0v) is 14.0. The zero-order chi connectivity index (χ0) is 15.6. The van der Waals surface area contributed by atoms with Gasteiger partial charge in [-0.25, -0.2) is 13.1 Å². The van der Waals surface area contributed by atoms with E-state index in [0.717, 1.165) is 12.8 Å². The number of rotatable bonds is 5. The summed E-state index contributed by atoms with van der Waals surface area (Å²) in [5, 5.41) is 0. The summed E-state index contributed by atoms with van der Waals surface area (Å²) in [5.74, 6) is 0.838. The van der Waals surface area contributed by atoms with Crippen molar-refractivity contribution in [2.24, 2.45) is 17.6 Å². The second kappa shape index (κ2) is 6.42. The van der Waals surface area contributed by atoms with Gasteiger partial charge in [-0.05, 0) is 30.2 Å². The molecule has 1 aliphatic rings. The summed E-state index contributed by atoms with van der Waals surface area (Å²) in [6, 6.07) is 7.15. The van der Waals surface area contributed by atoms with Gasteiger partial charge in [0.25, 0.3) is 0 Å². The van der Waals surface area contributed by atoms with Crippen LogP contribution >= 0.6 is 12.2 Å². The molecule has 1 aliphatic carbocycles. The fourth-order valence-electron chi connectivity index (χ4n) is 2.89. The highest BCUT2D eigenvalue weighted by molar-refractivity contribution is 7.88. The van der Waals surface area contributed by atoms with Crippen molar-refractivity contribution in [1.29, 1.82) is 0 Å². The maximum absolute atomic E-state index is 12.4. The third-order valence-corrected chi connectivity index (χ3v) is 6.00. The first kappa shape index (κ1) is 16.4. The molecule has 0 aliphatic heterocycles. The van der Waals surface area contributed by atoms with Crippen LogP contribution in [0.4, 0.5) is 0 Å². The van der Waals surface area contributed by atoms with Crippen molar-refractivity contribution in [2.75, 3.05) is 0 Å². The number of hydrogen-bond donors (Lipinski definition) is 2. The van der Waals surface area contributed by atoms with Crippen LogP contribution in [0.15, 0.2) is 24.3 Å². The Balaban J connectivity index is 2.13. The van der Waals surface area contributed by atoms with Crippen LogP contribution < -0.4 is 10.5 Å². The molecule has 0 radical (unpaired) electrons. The van der Waals surface area contributed by atoms with E-state index in [-0.39, 0.29) is 16.8 Å². The molecule has 3 unspecified atom stereocenters. The van der Waals surface area contributed by atoms with E-state index >= 15 is 0 Å². The summed E-state index contributed by atoms with van der Waals surface area (Å²) in [4.78, 5) is 0.226. The quantitative estimate of drug-likeness (QED) is 0.814. The highest BCUT2D eigenvalue weighted by Gasteiger charge is 2.32. The third-order valence-electron chi connectivity index (χ3n) is 4.42. The van der Waals surface area contributed by atoms with E-state index in [9.17, 15) is 8.42 Å². The van der Waals surface area contributed by atoms with Crippen molar-refractivity contribution in [3.8, 4) is 0 Å². The molecular weight excluding hydrogens is 304 g/mol. The van der Waals surface area contributed by atoms with Crippen LogP contribution in [0.1, 0.15) is 37.8 Å². The van der Waals surface area contributed by atoms with Gasteiger partial charge < -0.3 is 5.73 Å². The lowest BCUT2D eigenvalue weighted by atomic mass is 9.98. The average Bonchev–Trinajstić information content (AvgIpc) is 2.70. The van der Waals surface area contributed by atoms with Gasteiger partial charge in [0.05, 0.1) is 5.75 Å². The molecule has 0 heterocycles. The Morgan fingerprint density at radius 1 is 1.33 bits per heavy atom. The van der Waals surface area contributed by atoms with Gasteiger partial charge in [-0.1, -0.05) is 50.3 Å². The minimum atomic E-state index is -3.40. The second-order valence-electron chi connectivity index (χ2n) is 5.92. The molecule has 0 spiro atoms. The molecule has 1 aromatic carbocycles. The zero-order valence-electron chi connectivity index (χ0n) is 12.4. The lowest BCUT2D eigenvalue weighted by Crippen LogP contribution is -2.38. The topological polar surface area (TPSA) is 72.2 Å². The van der Waals surface area contributed by atoms with Gasteiger partial charge in [-0.3, -0.25) is 0 Å². The van der Waals surface area contributed by atoms with Crippen molar-refractivity contribution in [3.63, 3.8) is 0 Å². The van der Waals surface area contributed by atoms with Crippen LogP contribution in [0, 0.1) is 11.8 Å². The van der Waals surface area contributed by atoms with Gasteiger partial charge in [-0.2, -0.15) is 0 Å².